The molecular formula is C8H9F3N2O. The molecule has 0 bridgehead atoms. The van der Waals surface area contributed by atoms with Crippen molar-refractivity contribution in [1.29, 1.82) is 0 Å². The number of alkyl halides is 3. The molecule has 0 spiro atoms. The molecule has 1 amide bonds. The first-order valence-electron chi connectivity index (χ1n) is 4.45. The molecule has 0 atom stereocenters. The number of nitrogens with zero attached hydrogens (tertiary/aromatic N) is 2. The summed E-state index contributed by atoms with van der Waals surface area (Å²) in [5.41, 5.74) is -0.964. The molecule has 0 unspecified atom stereocenters. The summed E-state index contributed by atoms with van der Waals surface area (Å²) >= 11 is 0. The van der Waals surface area contributed by atoms with Gasteiger partial charge < -0.3 is 0 Å². The lowest BCUT2D eigenvalue weighted by Crippen LogP contribution is -2.37. The van der Waals surface area contributed by atoms with Crippen LogP contribution in [0.4, 0.5) is 13.2 Å². The molecular weight excluding hydrogens is 197 g/mol. The van der Waals surface area contributed by atoms with E-state index in [4.69, 9.17) is 0 Å². The highest BCUT2D eigenvalue weighted by Crippen LogP contribution is 2.31. The lowest BCUT2D eigenvalue weighted by molar-refractivity contribution is -0.132. The number of hydrazone groups is 1. The molecule has 78 valence electrons. The first-order valence-corrected chi connectivity index (χ1v) is 4.45. The maximum absolute atomic E-state index is 12.2. The fourth-order valence-electron chi connectivity index (χ4n) is 1.52. The molecule has 1 heterocycles. The molecule has 3 nitrogen and oxygen atoms in total. The third-order valence-corrected chi connectivity index (χ3v) is 2.55. The first-order chi connectivity index (χ1) is 6.48. The fourth-order valence-corrected chi connectivity index (χ4v) is 1.52. The number of hydrogen-bond donors (Lipinski definition) is 0. The van der Waals surface area contributed by atoms with Crippen LogP contribution < -0.4 is 0 Å². The van der Waals surface area contributed by atoms with E-state index in [-0.39, 0.29) is 6.04 Å². The van der Waals surface area contributed by atoms with Gasteiger partial charge in [-0.3, -0.25) is 4.79 Å². The van der Waals surface area contributed by atoms with Crippen LogP contribution in [0.25, 0.3) is 0 Å². The molecule has 1 aliphatic carbocycles. The summed E-state index contributed by atoms with van der Waals surface area (Å²) in [5.74, 6) is -0.526. The molecule has 1 saturated carbocycles. The van der Waals surface area contributed by atoms with Gasteiger partial charge in [0.2, 0.25) is 5.91 Å². The molecule has 0 aromatic carbocycles. The van der Waals surface area contributed by atoms with Gasteiger partial charge in [-0.15, -0.1) is 0 Å². The van der Waals surface area contributed by atoms with E-state index >= 15 is 0 Å². The molecule has 2 rings (SSSR count). The van der Waals surface area contributed by atoms with Gasteiger partial charge in [-0.1, -0.05) is 0 Å². The molecule has 0 saturated heterocycles. The van der Waals surface area contributed by atoms with E-state index in [0.717, 1.165) is 24.3 Å². The fraction of sp³-hybridized carbons (Fsp3) is 0.750. The van der Waals surface area contributed by atoms with Crippen LogP contribution in [0.1, 0.15) is 25.7 Å². The van der Waals surface area contributed by atoms with E-state index in [1.165, 1.54) is 0 Å². The topological polar surface area (TPSA) is 32.7 Å². The van der Waals surface area contributed by atoms with Crippen LogP contribution >= 0.6 is 0 Å². The Bertz CT molecular complexity index is 293. The van der Waals surface area contributed by atoms with Gasteiger partial charge in [-0.05, 0) is 19.3 Å². The number of rotatable bonds is 1. The third-order valence-electron chi connectivity index (χ3n) is 2.55. The number of hydrogen-bond acceptors (Lipinski definition) is 2. The Hall–Kier alpha value is -1.07. The van der Waals surface area contributed by atoms with E-state index in [1.54, 1.807) is 0 Å². The lowest BCUT2D eigenvalue weighted by atomic mass is 9.92. The third kappa shape index (κ3) is 1.49. The van der Waals surface area contributed by atoms with E-state index in [9.17, 15) is 18.0 Å². The van der Waals surface area contributed by atoms with Gasteiger partial charge in [0, 0.05) is 0 Å². The van der Waals surface area contributed by atoms with Gasteiger partial charge in [0.1, 0.15) is 0 Å². The summed E-state index contributed by atoms with van der Waals surface area (Å²) < 4.78 is 36.5. The summed E-state index contributed by atoms with van der Waals surface area (Å²) in [6, 6.07) is -0.0950. The average Bonchev–Trinajstić information content (AvgIpc) is 2.28. The Labute approximate surface area is 78.6 Å². The summed E-state index contributed by atoms with van der Waals surface area (Å²) in [4.78, 5) is 11.2. The molecule has 0 aromatic heterocycles. The zero-order valence-electron chi connectivity index (χ0n) is 7.34. The number of carbonyl (C=O) groups is 1. The largest absolute Gasteiger partial charge is 0.431 e. The molecule has 1 fully saturated rings. The molecule has 0 aromatic rings. The number of halogens is 3. The van der Waals surface area contributed by atoms with Crippen molar-refractivity contribution in [2.45, 2.75) is 37.9 Å². The molecule has 6 heteroatoms. The first kappa shape index (κ1) is 9.48. The van der Waals surface area contributed by atoms with Gasteiger partial charge in [0.05, 0.1) is 12.5 Å². The predicted octanol–water partition coefficient (Wildman–Crippen LogP) is 1.69. The van der Waals surface area contributed by atoms with Gasteiger partial charge in [0.15, 0.2) is 5.71 Å². The van der Waals surface area contributed by atoms with E-state index < -0.39 is 24.2 Å². The average molecular weight is 206 g/mol. The quantitative estimate of drug-likeness (QED) is 0.642. The molecule has 0 N–H and O–H groups in total. The van der Waals surface area contributed by atoms with E-state index in [0.29, 0.717) is 0 Å². The monoisotopic (exact) mass is 206 g/mol. The van der Waals surface area contributed by atoms with Crippen molar-refractivity contribution in [3.63, 3.8) is 0 Å². The maximum atomic E-state index is 12.2. The molecule has 2 aliphatic rings. The normalized spacial score (nSPS) is 23.8. The van der Waals surface area contributed by atoms with Crippen LogP contribution in [0.3, 0.4) is 0 Å². The Balaban J connectivity index is 2.12. The van der Waals surface area contributed by atoms with Crippen LogP contribution in [0.5, 0.6) is 0 Å². The van der Waals surface area contributed by atoms with Crippen molar-refractivity contribution in [3.05, 3.63) is 0 Å². The summed E-state index contributed by atoms with van der Waals surface area (Å²) in [6.07, 6.45) is -2.57. The summed E-state index contributed by atoms with van der Waals surface area (Å²) in [6.45, 7) is 0. The summed E-state index contributed by atoms with van der Waals surface area (Å²) in [5, 5.41) is 4.34. The molecule has 0 radical (unpaired) electrons. The number of amides is 1. The molecule has 14 heavy (non-hydrogen) atoms. The van der Waals surface area contributed by atoms with Crippen LogP contribution in [0.2, 0.25) is 0 Å². The van der Waals surface area contributed by atoms with Gasteiger partial charge >= 0.3 is 6.18 Å². The Morgan fingerprint density at radius 2 is 2.00 bits per heavy atom. The van der Waals surface area contributed by atoms with Gasteiger partial charge in [0.25, 0.3) is 0 Å². The van der Waals surface area contributed by atoms with Crippen LogP contribution in [0, 0.1) is 0 Å². The van der Waals surface area contributed by atoms with Gasteiger partial charge in [-0.2, -0.15) is 18.3 Å². The second-order valence-corrected chi connectivity index (χ2v) is 3.54. The van der Waals surface area contributed by atoms with Crippen molar-refractivity contribution >= 4 is 11.6 Å². The second-order valence-electron chi connectivity index (χ2n) is 3.54. The standard InChI is InChI=1S/C8H9F3N2O/c9-8(10,11)6-4-7(14)13(12-6)5-2-1-3-5/h5H,1-4H2. The van der Waals surface area contributed by atoms with Crippen LogP contribution in [-0.2, 0) is 4.79 Å². The van der Waals surface area contributed by atoms with E-state index in [2.05, 4.69) is 5.10 Å². The zero-order valence-corrected chi connectivity index (χ0v) is 7.34. The van der Waals surface area contributed by atoms with Crippen molar-refractivity contribution < 1.29 is 18.0 Å². The van der Waals surface area contributed by atoms with Crippen molar-refractivity contribution in [2.24, 2.45) is 5.10 Å². The van der Waals surface area contributed by atoms with Crippen LogP contribution in [0.15, 0.2) is 5.10 Å². The lowest BCUT2D eigenvalue weighted by Gasteiger charge is -2.31. The van der Waals surface area contributed by atoms with Gasteiger partial charge in [-0.25, -0.2) is 5.01 Å². The van der Waals surface area contributed by atoms with Crippen molar-refractivity contribution in [2.75, 3.05) is 0 Å². The highest BCUT2D eigenvalue weighted by atomic mass is 19.4. The van der Waals surface area contributed by atoms with E-state index in [1.807, 2.05) is 0 Å². The second kappa shape index (κ2) is 2.96. The Kier molecular flexibility index (Phi) is 2.01. The number of carbonyl (C=O) groups excluding carboxylic acids is 1. The maximum Gasteiger partial charge on any atom is 0.431 e. The SMILES string of the molecule is O=C1CC(C(F)(F)F)=NN1C1CCC1. The highest BCUT2D eigenvalue weighted by molar-refractivity contribution is 6.07. The predicted molar refractivity (Wildman–Crippen MR) is 42.6 cm³/mol. The summed E-state index contributed by atoms with van der Waals surface area (Å²) in [7, 11) is 0. The Morgan fingerprint density at radius 3 is 2.36 bits per heavy atom. The smallest absolute Gasteiger partial charge is 0.273 e. The highest BCUT2D eigenvalue weighted by Gasteiger charge is 2.44. The Morgan fingerprint density at radius 1 is 1.36 bits per heavy atom. The van der Waals surface area contributed by atoms with Crippen molar-refractivity contribution in [1.82, 2.24) is 5.01 Å². The minimum absolute atomic E-state index is 0.0950. The minimum Gasteiger partial charge on any atom is -0.273 e. The zero-order chi connectivity index (χ0) is 10.3. The minimum atomic E-state index is -4.46. The van der Waals surface area contributed by atoms with Crippen molar-refractivity contribution in [3.8, 4) is 0 Å². The molecule has 1 aliphatic heterocycles. The van der Waals surface area contributed by atoms with Crippen LogP contribution in [-0.4, -0.2) is 28.8 Å².